The number of halogens is 1. The summed E-state index contributed by atoms with van der Waals surface area (Å²) < 4.78 is 19.5. The zero-order chi connectivity index (χ0) is 22.1. The fourth-order valence-electron chi connectivity index (χ4n) is 4.06. The first-order chi connectivity index (χ1) is 14.9. The van der Waals surface area contributed by atoms with Crippen molar-refractivity contribution in [3.8, 4) is 5.75 Å². The highest BCUT2D eigenvalue weighted by molar-refractivity contribution is 6.08. The first kappa shape index (κ1) is 20.6. The Balaban J connectivity index is 1.75. The van der Waals surface area contributed by atoms with Crippen LogP contribution in [0.3, 0.4) is 0 Å². The second-order valence-electron chi connectivity index (χ2n) is 7.64. The first-order valence-corrected chi connectivity index (χ1v) is 10.00. The summed E-state index contributed by atoms with van der Waals surface area (Å²) in [5.74, 6) is -0.575. The van der Waals surface area contributed by atoms with Crippen molar-refractivity contribution in [3.05, 3.63) is 94.3 Å². The number of nitrogens with one attached hydrogen (secondary N) is 1. The van der Waals surface area contributed by atoms with Crippen molar-refractivity contribution in [2.45, 2.75) is 26.4 Å². The Kier molecular flexibility index (Phi) is 5.46. The molecule has 1 unspecified atom stereocenters. The number of carbonyl (C=O) groups is 2. The molecule has 0 bridgehead atoms. The number of para-hydroxylation sites is 2. The maximum atomic E-state index is 14.1. The molecule has 0 aliphatic carbocycles. The monoisotopic (exact) mass is 418 g/mol. The second-order valence-corrected chi connectivity index (χ2v) is 7.64. The van der Waals surface area contributed by atoms with E-state index in [2.05, 4.69) is 5.32 Å². The number of fused-ring (bicyclic) bond motifs is 1. The lowest BCUT2D eigenvalue weighted by Crippen LogP contribution is -2.35. The van der Waals surface area contributed by atoms with Crippen molar-refractivity contribution in [2.75, 3.05) is 12.4 Å². The van der Waals surface area contributed by atoms with Crippen LogP contribution in [-0.2, 0) is 11.3 Å². The van der Waals surface area contributed by atoms with Crippen molar-refractivity contribution >= 4 is 17.5 Å². The van der Waals surface area contributed by atoms with Crippen molar-refractivity contribution in [1.29, 1.82) is 0 Å². The zero-order valence-corrected chi connectivity index (χ0v) is 17.6. The Morgan fingerprint density at radius 1 is 1.06 bits per heavy atom. The highest BCUT2D eigenvalue weighted by Gasteiger charge is 2.41. The number of anilines is 1. The third-order valence-corrected chi connectivity index (χ3v) is 5.62. The minimum Gasteiger partial charge on any atom is -0.496 e. The van der Waals surface area contributed by atoms with Crippen molar-refractivity contribution in [1.82, 2.24) is 4.90 Å². The fourth-order valence-corrected chi connectivity index (χ4v) is 4.06. The minimum absolute atomic E-state index is 0.157. The van der Waals surface area contributed by atoms with Gasteiger partial charge in [-0.2, -0.15) is 0 Å². The number of methoxy groups -OCH3 is 1. The molecule has 5 nitrogen and oxygen atoms in total. The maximum Gasteiger partial charge on any atom is 0.255 e. The van der Waals surface area contributed by atoms with Crippen LogP contribution < -0.4 is 10.1 Å². The summed E-state index contributed by atoms with van der Waals surface area (Å²) >= 11 is 0. The summed E-state index contributed by atoms with van der Waals surface area (Å²) in [7, 11) is 1.56. The van der Waals surface area contributed by atoms with Gasteiger partial charge < -0.3 is 15.0 Å². The third-order valence-electron chi connectivity index (χ3n) is 5.62. The Bertz CT molecular complexity index is 1150. The Labute approximate surface area is 180 Å². The zero-order valence-electron chi connectivity index (χ0n) is 17.6. The predicted octanol–water partition coefficient (Wildman–Crippen LogP) is 4.79. The van der Waals surface area contributed by atoms with Gasteiger partial charge in [-0.15, -0.1) is 0 Å². The van der Waals surface area contributed by atoms with Crippen molar-refractivity contribution < 1.29 is 18.7 Å². The Morgan fingerprint density at radius 3 is 2.48 bits per heavy atom. The Hall–Kier alpha value is -3.67. The summed E-state index contributed by atoms with van der Waals surface area (Å²) in [5.41, 5.74) is 3.97. The van der Waals surface area contributed by atoms with Crippen LogP contribution in [0, 0.1) is 19.7 Å². The minimum atomic E-state index is -0.956. The lowest BCUT2D eigenvalue weighted by Gasteiger charge is -2.26. The molecule has 0 saturated carbocycles. The number of hydrogen-bond acceptors (Lipinski definition) is 3. The highest BCUT2D eigenvalue weighted by atomic mass is 19.1. The second kappa shape index (κ2) is 8.22. The van der Waals surface area contributed by atoms with Gasteiger partial charge in [-0.3, -0.25) is 9.59 Å². The van der Waals surface area contributed by atoms with E-state index in [1.54, 1.807) is 13.2 Å². The standard InChI is InChI=1S/C25H23FN2O3/c1-15-7-6-8-16(2)22(15)27-24(29)23-20-13-18(26)11-12-19(20)25(30)28(23)14-17-9-4-5-10-21(17)31-3/h4-13,23H,14H2,1-3H3,(H,27,29). The van der Waals surface area contributed by atoms with Gasteiger partial charge in [-0.1, -0.05) is 36.4 Å². The number of aryl methyl sites for hydroxylation is 2. The molecule has 0 spiro atoms. The fraction of sp³-hybridized carbons (Fsp3) is 0.200. The number of nitrogens with zero attached hydrogens (tertiary/aromatic N) is 1. The smallest absolute Gasteiger partial charge is 0.255 e. The van der Waals surface area contributed by atoms with Crippen LogP contribution in [0.4, 0.5) is 10.1 Å². The van der Waals surface area contributed by atoms with E-state index in [4.69, 9.17) is 4.74 Å². The van der Waals surface area contributed by atoms with E-state index in [0.29, 0.717) is 22.6 Å². The van der Waals surface area contributed by atoms with Gasteiger partial charge in [0.1, 0.15) is 17.6 Å². The van der Waals surface area contributed by atoms with E-state index < -0.39 is 11.9 Å². The molecule has 31 heavy (non-hydrogen) atoms. The number of rotatable bonds is 5. The van der Waals surface area contributed by atoms with Crippen LogP contribution in [0.1, 0.15) is 38.7 Å². The molecule has 1 N–H and O–H groups in total. The number of benzene rings is 3. The van der Waals surface area contributed by atoms with Gasteiger partial charge in [0.2, 0.25) is 0 Å². The molecule has 1 heterocycles. The molecule has 3 aromatic rings. The molecule has 1 aliphatic rings. The van der Waals surface area contributed by atoms with Crippen LogP contribution in [0.15, 0.2) is 60.7 Å². The molecule has 6 heteroatoms. The average molecular weight is 418 g/mol. The molecule has 158 valence electrons. The molecule has 3 aromatic carbocycles. The van der Waals surface area contributed by atoms with E-state index in [9.17, 15) is 14.0 Å². The van der Waals surface area contributed by atoms with Gasteiger partial charge in [0.05, 0.1) is 13.7 Å². The number of hydrogen-bond donors (Lipinski definition) is 1. The average Bonchev–Trinajstić information content (AvgIpc) is 3.02. The number of ether oxygens (including phenoxy) is 1. The van der Waals surface area contributed by atoms with Gasteiger partial charge in [0.25, 0.3) is 11.8 Å². The van der Waals surface area contributed by atoms with Crippen molar-refractivity contribution in [2.24, 2.45) is 0 Å². The SMILES string of the molecule is COc1ccccc1CN1C(=O)c2ccc(F)cc2C1C(=O)Nc1c(C)cccc1C. The molecule has 0 radical (unpaired) electrons. The quantitative estimate of drug-likeness (QED) is 0.648. The van der Waals surface area contributed by atoms with Crippen molar-refractivity contribution in [3.63, 3.8) is 0 Å². The van der Waals surface area contributed by atoms with Gasteiger partial charge >= 0.3 is 0 Å². The van der Waals surface area contributed by atoms with Crippen LogP contribution >= 0.6 is 0 Å². The molecule has 1 aliphatic heterocycles. The maximum absolute atomic E-state index is 14.1. The number of amides is 2. The van der Waals surface area contributed by atoms with Crippen LogP contribution in [0.5, 0.6) is 5.75 Å². The summed E-state index contributed by atoms with van der Waals surface area (Å²) in [5, 5.41) is 2.96. The summed E-state index contributed by atoms with van der Waals surface area (Å²) in [6.45, 7) is 3.97. The molecule has 2 amide bonds. The third kappa shape index (κ3) is 3.77. The summed E-state index contributed by atoms with van der Waals surface area (Å²) in [4.78, 5) is 28.1. The van der Waals surface area contributed by atoms with Gasteiger partial charge in [0, 0.05) is 16.8 Å². The molecule has 1 atom stereocenters. The van der Waals surface area contributed by atoms with E-state index in [0.717, 1.165) is 16.7 Å². The molecule has 4 rings (SSSR count). The van der Waals surface area contributed by atoms with Gasteiger partial charge in [0.15, 0.2) is 0 Å². The first-order valence-electron chi connectivity index (χ1n) is 10.00. The van der Waals surface area contributed by atoms with E-state index in [1.165, 1.54) is 23.1 Å². The van der Waals surface area contributed by atoms with E-state index >= 15 is 0 Å². The number of carbonyl (C=O) groups excluding carboxylic acids is 2. The van der Waals surface area contributed by atoms with E-state index in [1.807, 2.05) is 50.2 Å². The van der Waals surface area contributed by atoms with Crippen LogP contribution in [-0.4, -0.2) is 23.8 Å². The van der Waals surface area contributed by atoms with E-state index in [-0.39, 0.29) is 18.4 Å². The highest BCUT2D eigenvalue weighted by Crippen LogP contribution is 2.37. The topological polar surface area (TPSA) is 58.6 Å². The van der Waals surface area contributed by atoms with Crippen LogP contribution in [0.25, 0.3) is 0 Å². The predicted molar refractivity (Wildman–Crippen MR) is 117 cm³/mol. The van der Waals surface area contributed by atoms with Gasteiger partial charge in [-0.05, 0) is 54.8 Å². The molecular formula is C25H23FN2O3. The largest absolute Gasteiger partial charge is 0.496 e. The molecule has 0 fully saturated rings. The van der Waals surface area contributed by atoms with Gasteiger partial charge in [-0.25, -0.2) is 4.39 Å². The summed E-state index contributed by atoms with van der Waals surface area (Å²) in [6.07, 6.45) is 0. The molecule has 0 saturated heterocycles. The Morgan fingerprint density at radius 2 is 1.77 bits per heavy atom. The van der Waals surface area contributed by atoms with Crippen LogP contribution in [0.2, 0.25) is 0 Å². The lowest BCUT2D eigenvalue weighted by molar-refractivity contribution is -0.120. The molecule has 0 aromatic heterocycles. The lowest BCUT2D eigenvalue weighted by atomic mass is 10.0. The normalized spacial score (nSPS) is 15.0. The molecular weight excluding hydrogens is 395 g/mol. The summed E-state index contributed by atoms with van der Waals surface area (Å²) in [6, 6.07) is 16.0.